The molecule has 2 aliphatic heterocycles. The van der Waals surface area contributed by atoms with E-state index < -0.39 is 0 Å². The number of hydrogen-bond donors (Lipinski definition) is 0. The lowest BCUT2D eigenvalue weighted by molar-refractivity contribution is -0.189. The number of fused-ring (bicyclic) bond motifs is 1. The van der Waals surface area contributed by atoms with Gasteiger partial charge in [-0.25, -0.2) is 0 Å². The van der Waals surface area contributed by atoms with Crippen LogP contribution in [0.5, 0.6) is 0 Å². The van der Waals surface area contributed by atoms with Gasteiger partial charge >= 0.3 is 7.12 Å². The summed E-state index contributed by atoms with van der Waals surface area (Å²) < 4.78 is 24.0. The fourth-order valence-electron chi connectivity index (χ4n) is 3.88. The minimum atomic E-state index is -0.238. The summed E-state index contributed by atoms with van der Waals surface area (Å²) in [6.07, 6.45) is 5.50. The van der Waals surface area contributed by atoms with E-state index >= 15 is 0 Å². The third-order valence-electron chi connectivity index (χ3n) is 5.21. The van der Waals surface area contributed by atoms with Crippen LogP contribution in [0.4, 0.5) is 0 Å². The second-order valence-electron chi connectivity index (χ2n) is 7.99. The quantitative estimate of drug-likeness (QED) is 0.799. The van der Waals surface area contributed by atoms with Gasteiger partial charge in [-0.1, -0.05) is 32.0 Å². The van der Waals surface area contributed by atoms with Gasteiger partial charge in [-0.05, 0) is 48.7 Å². The van der Waals surface area contributed by atoms with Gasteiger partial charge in [0.15, 0.2) is 6.29 Å². The summed E-state index contributed by atoms with van der Waals surface area (Å²) in [5.74, 6) is 0. The number of ether oxygens (including phenoxy) is 2. The molecule has 0 radical (unpaired) electrons. The van der Waals surface area contributed by atoms with Crippen LogP contribution in [-0.4, -0.2) is 33.2 Å². The molecule has 3 aliphatic rings. The zero-order chi connectivity index (χ0) is 16.6. The molecule has 1 unspecified atom stereocenters. The Morgan fingerprint density at radius 3 is 2.71 bits per heavy atom. The van der Waals surface area contributed by atoms with Crippen LogP contribution in [0.1, 0.15) is 56.8 Å². The van der Waals surface area contributed by atoms with Gasteiger partial charge < -0.3 is 18.8 Å². The summed E-state index contributed by atoms with van der Waals surface area (Å²) in [6.45, 7) is 6.64. The Kier molecular flexibility index (Phi) is 4.69. The lowest BCUT2D eigenvalue weighted by Gasteiger charge is -2.33. The van der Waals surface area contributed by atoms with Crippen LogP contribution < -0.4 is 5.46 Å². The average molecular weight is 330 g/mol. The molecule has 0 bridgehead atoms. The highest BCUT2D eigenvalue weighted by atomic mass is 16.7. The minimum Gasteiger partial charge on any atom is -0.407 e. The van der Waals surface area contributed by atoms with E-state index in [4.69, 9.17) is 18.8 Å². The number of rotatable bonds is 3. The molecule has 0 amide bonds. The zero-order valence-corrected chi connectivity index (χ0v) is 14.8. The van der Waals surface area contributed by atoms with Crippen molar-refractivity contribution >= 4 is 12.6 Å². The SMILES string of the molecule is CC1(C)COB(c2cccc3c2CC[C@@H]3OC2CCCCO2)OC1. The first kappa shape index (κ1) is 16.6. The van der Waals surface area contributed by atoms with Gasteiger partial charge in [0, 0.05) is 25.2 Å². The standard InChI is InChI=1S/C19H27BO4/c1-19(2)12-22-20(23-13-19)16-7-5-6-15-14(16)9-10-17(15)24-18-8-3-4-11-21-18/h5-7,17-18H,3-4,8-13H2,1-2H3/t17-,18?/m0/s1. The van der Waals surface area contributed by atoms with Gasteiger partial charge in [-0.3, -0.25) is 0 Å². The molecule has 4 rings (SSSR count). The normalized spacial score (nSPS) is 29.5. The monoisotopic (exact) mass is 330 g/mol. The lowest BCUT2D eigenvalue weighted by atomic mass is 9.72. The van der Waals surface area contributed by atoms with Crippen molar-refractivity contribution in [2.45, 2.75) is 58.3 Å². The van der Waals surface area contributed by atoms with Crippen molar-refractivity contribution < 1.29 is 18.8 Å². The van der Waals surface area contributed by atoms with E-state index in [1.807, 2.05) is 0 Å². The molecule has 0 spiro atoms. The van der Waals surface area contributed by atoms with E-state index in [0.717, 1.165) is 45.5 Å². The number of hydrogen-bond acceptors (Lipinski definition) is 4. The highest BCUT2D eigenvalue weighted by molar-refractivity contribution is 6.62. The molecule has 2 fully saturated rings. The third kappa shape index (κ3) is 3.41. The fourth-order valence-corrected chi connectivity index (χ4v) is 3.88. The van der Waals surface area contributed by atoms with Gasteiger partial charge in [0.05, 0.1) is 6.10 Å². The van der Waals surface area contributed by atoms with Crippen LogP contribution in [0, 0.1) is 5.41 Å². The first-order valence-corrected chi connectivity index (χ1v) is 9.24. The van der Waals surface area contributed by atoms with Crippen molar-refractivity contribution in [2.24, 2.45) is 5.41 Å². The summed E-state index contributed by atoms with van der Waals surface area (Å²) in [7, 11) is -0.238. The maximum absolute atomic E-state index is 6.25. The first-order valence-electron chi connectivity index (χ1n) is 9.24. The van der Waals surface area contributed by atoms with Crippen molar-refractivity contribution in [1.82, 2.24) is 0 Å². The van der Waals surface area contributed by atoms with Crippen molar-refractivity contribution in [1.29, 1.82) is 0 Å². The molecule has 2 saturated heterocycles. The first-order chi connectivity index (χ1) is 11.6. The van der Waals surface area contributed by atoms with E-state index in [-0.39, 0.29) is 24.9 Å². The predicted octanol–water partition coefficient (Wildman–Crippen LogP) is 2.99. The average Bonchev–Trinajstić information content (AvgIpc) is 2.99. The van der Waals surface area contributed by atoms with E-state index in [9.17, 15) is 0 Å². The van der Waals surface area contributed by atoms with E-state index in [1.54, 1.807) is 0 Å². The molecule has 1 aliphatic carbocycles. The molecule has 1 aromatic rings. The Morgan fingerprint density at radius 2 is 1.96 bits per heavy atom. The van der Waals surface area contributed by atoms with Gasteiger partial charge in [0.25, 0.3) is 0 Å². The summed E-state index contributed by atoms with van der Waals surface area (Å²) in [5.41, 5.74) is 3.92. The molecule has 0 N–H and O–H groups in total. The molecule has 4 nitrogen and oxygen atoms in total. The second-order valence-corrected chi connectivity index (χ2v) is 7.99. The van der Waals surface area contributed by atoms with Crippen LogP contribution in [-0.2, 0) is 25.2 Å². The van der Waals surface area contributed by atoms with E-state index in [2.05, 4.69) is 32.0 Å². The Labute approximate surface area is 145 Å². The molecular weight excluding hydrogens is 303 g/mol. The Balaban J connectivity index is 1.49. The fraction of sp³-hybridized carbons (Fsp3) is 0.684. The van der Waals surface area contributed by atoms with E-state index in [0.29, 0.717) is 0 Å². The summed E-state index contributed by atoms with van der Waals surface area (Å²) in [5, 5.41) is 0. The second kappa shape index (κ2) is 6.79. The minimum absolute atomic E-state index is 0.0404. The Hall–Kier alpha value is -0.875. The van der Waals surface area contributed by atoms with Crippen LogP contribution in [0.3, 0.4) is 0 Å². The molecule has 24 heavy (non-hydrogen) atoms. The van der Waals surface area contributed by atoms with Crippen molar-refractivity contribution in [3.8, 4) is 0 Å². The molecule has 2 heterocycles. The van der Waals surface area contributed by atoms with Gasteiger partial charge in [0.1, 0.15) is 0 Å². The van der Waals surface area contributed by atoms with Crippen molar-refractivity contribution in [2.75, 3.05) is 19.8 Å². The highest BCUT2D eigenvalue weighted by Crippen LogP contribution is 2.36. The summed E-state index contributed by atoms with van der Waals surface area (Å²) in [6, 6.07) is 6.43. The predicted molar refractivity (Wildman–Crippen MR) is 93.3 cm³/mol. The molecule has 0 aromatic heterocycles. The summed E-state index contributed by atoms with van der Waals surface area (Å²) >= 11 is 0. The Morgan fingerprint density at radius 1 is 1.12 bits per heavy atom. The van der Waals surface area contributed by atoms with E-state index in [1.165, 1.54) is 23.0 Å². The van der Waals surface area contributed by atoms with Crippen LogP contribution in [0.15, 0.2) is 18.2 Å². The van der Waals surface area contributed by atoms with Crippen LogP contribution in [0.2, 0.25) is 0 Å². The van der Waals surface area contributed by atoms with Gasteiger partial charge in [-0.2, -0.15) is 0 Å². The summed E-state index contributed by atoms with van der Waals surface area (Å²) in [4.78, 5) is 0. The molecule has 2 atom stereocenters. The van der Waals surface area contributed by atoms with Crippen molar-refractivity contribution in [3.63, 3.8) is 0 Å². The van der Waals surface area contributed by atoms with Crippen molar-refractivity contribution in [3.05, 3.63) is 29.3 Å². The molecule has 1 aromatic carbocycles. The molecule has 0 saturated carbocycles. The zero-order valence-electron chi connectivity index (χ0n) is 14.8. The topological polar surface area (TPSA) is 36.9 Å². The largest absolute Gasteiger partial charge is 0.494 e. The Bertz CT molecular complexity index is 573. The lowest BCUT2D eigenvalue weighted by Crippen LogP contribution is -2.48. The third-order valence-corrected chi connectivity index (χ3v) is 5.21. The smallest absolute Gasteiger partial charge is 0.407 e. The van der Waals surface area contributed by atoms with Crippen LogP contribution in [0.25, 0.3) is 0 Å². The van der Waals surface area contributed by atoms with Gasteiger partial charge in [0.2, 0.25) is 0 Å². The highest BCUT2D eigenvalue weighted by Gasteiger charge is 2.37. The maximum atomic E-state index is 6.25. The molecular formula is C19H27BO4. The maximum Gasteiger partial charge on any atom is 0.494 e. The molecule has 5 heteroatoms. The number of benzene rings is 1. The van der Waals surface area contributed by atoms with Crippen LogP contribution >= 0.6 is 0 Å². The molecule has 130 valence electrons. The van der Waals surface area contributed by atoms with Gasteiger partial charge in [-0.15, -0.1) is 0 Å².